The van der Waals surface area contributed by atoms with Gasteiger partial charge in [0.2, 0.25) is 0 Å². The topological polar surface area (TPSA) is 68.2 Å². The van der Waals surface area contributed by atoms with E-state index in [0.29, 0.717) is 17.5 Å². The Hall–Kier alpha value is -1.45. The summed E-state index contributed by atoms with van der Waals surface area (Å²) in [7, 11) is 0. The molecule has 1 aliphatic heterocycles. The van der Waals surface area contributed by atoms with Crippen molar-refractivity contribution in [3.05, 3.63) is 12.1 Å². The second-order valence-corrected chi connectivity index (χ2v) is 5.59. The second-order valence-electron chi connectivity index (χ2n) is 5.59. The minimum atomic E-state index is 0.463. The molecule has 1 saturated carbocycles. The summed E-state index contributed by atoms with van der Waals surface area (Å²) in [6.45, 7) is 1.11. The number of aromatic nitrogens is 1. The van der Waals surface area contributed by atoms with Crippen LogP contribution in [-0.4, -0.2) is 17.6 Å². The molecule has 0 amide bonds. The van der Waals surface area contributed by atoms with Crippen LogP contribution >= 0.6 is 0 Å². The molecule has 2 fully saturated rings. The Labute approximate surface area is 108 Å². The zero-order valence-electron chi connectivity index (χ0n) is 10.8. The third-order valence-corrected chi connectivity index (χ3v) is 4.48. The first-order chi connectivity index (χ1) is 8.75. The van der Waals surface area contributed by atoms with Gasteiger partial charge in [-0.25, -0.2) is 4.98 Å². The summed E-state index contributed by atoms with van der Waals surface area (Å²) >= 11 is 0. The van der Waals surface area contributed by atoms with Gasteiger partial charge in [0.15, 0.2) is 0 Å². The first-order valence-corrected chi connectivity index (χ1v) is 7.04. The van der Waals surface area contributed by atoms with Crippen molar-refractivity contribution in [2.75, 3.05) is 22.9 Å². The van der Waals surface area contributed by atoms with E-state index in [9.17, 15) is 0 Å². The van der Waals surface area contributed by atoms with Gasteiger partial charge in [-0.2, -0.15) is 0 Å². The first kappa shape index (κ1) is 11.6. The summed E-state index contributed by atoms with van der Waals surface area (Å²) in [6, 6.07) is 4.57. The molecule has 2 atom stereocenters. The van der Waals surface area contributed by atoms with Gasteiger partial charge in [-0.3, -0.25) is 0 Å². The van der Waals surface area contributed by atoms with Crippen LogP contribution in [0.5, 0.6) is 0 Å². The Bertz CT molecular complexity index is 430. The molecule has 0 spiro atoms. The van der Waals surface area contributed by atoms with Crippen molar-refractivity contribution in [1.29, 1.82) is 0 Å². The molecule has 1 aromatic heterocycles. The monoisotopic (exact) mass is 246 g/mol. The maximum absolute atomic E-state index is 5.83. The van der Waals surface area contributed by atoms with Crippen LogP contribution in [0.25, 0.3) is 0 Å². The molecule has 1 aliphatic carbocycles. The Morgan fingerprint density at radius 3 is 2.67 bits per heavy atom. The van der Waals surface area contributed by atoms with Gasteiger partial charge in [-0.1, -0.05) is 12.8 Å². The van der Waals surface area contributed by atoms with Crippen LogP contribution in [-0.2, 0) is 0 Å². The lowest BCUT2D eigenvalue weighted by Crippen LogP contribution is -2.47. The number of fused-ring (bicyclic) bond motifs is 1. The largest absolute Gasteiger partial charge is 0.396 e. The normalized spacial score (nSPS) is 27.9. The minimum Gasteiger partial charge on any atom is -0.396 e. The highest BCUT2D eigenvalue weighted by molar-refractivity contribution is 5.62. The van der Waals surface area contributed by atoms with Gasteiger partial charge >= 0.3 is 0 Å². The molecule has 2 aliphatic rings. The third kappa shape index (κ3) is 2.00. The fourth-order valence-corrected chi connectivity index (χ4v) is 3.54. The van der Waals surface area contributed by atoms with E-state index in [0.717, 1.165) is 18.3 Å². The van der Waals surface area contributed by atoms with Gasteiger partial charge in [0, 0.05) is 12.6 Å². The van der Waals surface area contributed by atoms with Crippen molar-refractivity contribution in [3.63, 3.8) is 0 Å². The fourth-order valence-electron chi connectivity index (χ4n) is 3.54. The molecule has 0 bridgehead atoms. The van der Waals surface area contributed by atoms with Crippen LogP contribution in [0.2, 0.25) is 0 Å². The van der Waals surface area contributed by atoms with Crippen molar-refractivity contribution < 1.29 is 0 Å². The lowest BCUT2D eigenvalue weighted by Gasteiger charge is -2.44. The van der Waals surface area contributed by atoms with Crippen molar-refractivity contribution >= 4 is 17.3 Å². The number of nitrogens with zero attached hydrogens (tertiary/aromatic N) is 2. The molecular weight excluding hydrogens is 224 g/mol. The summed E-state index contributed by atoms with van der Waals surface area (Å²) in [5.74, 6) is 2.33. The van der Waals surface area contributed by atoms with Crippen LogP contribution in [0.15, 0.2) is 12.1 Å². The first-order valence-electron chi connectivity index (χ1n) is 7.04. The van der Waals surface area contributed by atoms with E-state index in [1.54, 1.807) is 0 Å². The standard InChI is InChI=1S/C14H22N4/c15-11-7-8-13(17-14(11)16)18-9-3-5-10-4-1-2-6-12(10)18/h7-8,10,12H,1-6,9,15H2,(H2,16,17). The summed E-state index contributed by atoms with van der Waals surface area (Å²) < 4.78 is 0. The van der Waals surface area contributed by atoms with E-state index in [2.05, 4.69) is 9.88 Å². The predicted octanol–water partition coefficient (Wildman–Crippen LogP) is 2.41. The SMILES string of the molecule is Nc1ccc(N2CCCC3CCCCC32)nc1N. The fraction of sp³-hybridized carbons (Fsp3) is 0.643. The maximum Gasteiger partial charge on any atom is 0.149 e. The molecule has 0 radical (unpaired) electrons. The zero-order valence-corrected chi connectivity index (χ0v) is 10.8. The number of pyridine rings is 1. The second kappa shape index (κ2) is 4.67. The Morgan fingerprint density at radius 2 is 1.83 bits per heavy atom. The molecule has 2 heterocycles. The smallest absolute Gasteiger partial charge is 0.149 e. The van der Waals surface area contributed by atoms with Gasteiger partial charge in [-0.15, -0.1) is 0 Å². The van der Waals surface area contributed by atoms with Gasteiger partial charge in [-0.05, 0) is 43.7 Å². The van der Waals surface area contributed by atoms with Crippen molar-refractivity contribution in [1.82, 2.24) is 4.98 Å². The molecule has 2 unspecified atom stereocenters. The van der Waals surface area contributed by atoms with Crippen molar-refractivity contribution in [2.24, 2.45) is 5.92 Å². The average Bonchev–Trinajstić information content (AvgIpc) is 2.41. The Balaban J connectivity index is 1.87. The van der Waals surface area contributed by atoms with Gasteiger partial charge < -0.3 is 16.4 Å². The van der Waals surface area contributed by atoms with E-state index in [1.165, 1.54) is 38.5 Å². The van der Waals surface area contributed by atoms with E-state index in [1.807, 2.05) is 12.1 Å². The molecule has 3 rings (SSSR count). The molecule has 4 N–H and O–H groups in total. The molecule has 1 aromatic rings. The molecule has 4 nitrogen and oxygen atoms in total. The molecule has 0 aromatic carbocycles. The van der Waals surface area contributed by atoms with Gasteiger partial charge in [0.05, 0.1) is 5.69 Å². The van der Waals surface area contributed by atoms with E-state index >= 15 is 0 Å². The highest BCUT2D eigenvalue weighted by Crippen LogP contribution is 2.37. The number of nitrogens with two attached hydrogens (primary N) is 2. The van der Waals surface area contributed by atoms with Crippen molar-refractivity contribution in [3.8, 4) is 0 Å². The third-order valence-electron chi connectivity index (χ3n) is 4.48. The lowest BCUT2D eigenvalue weighted by atomic mass is 9.78. The highest BCUT2D eigenvalue weighted by Gasteiger charge is 2.33. The van der Waals surface area contributed by atoms with E-state index in [4.69, 9.17) is 11.5 Å². The van der Waals surface area contributed by atoms with E-state index in [-0.39, 0.29) is 0 Å². The highest BCUT2D eigenvalue weighted by atomic mass is 15.2. The maximum atomic E-state index is 5.83. The average molecular weight is 246 g/mol. The molecule has 4 heteroatoms. The van der Waals surface area contributed by atoms with Crippen LogP contribution in [0.3, 0.4) is 0 Å². The number of hydrogen-bond acceptors (Lipinski definition) is 4. The van der Waals surface area contributed by atoms with Crippen LogP contribution in [0.4, 0.5) is 17.3 Å². The number of hydrogen-bond donors (Lipinski definition) is 2. The number of anilines is 3. The van der Waals surface area contributed by atoms with Crippen molar-refractivity contribution in [2.45, 2.75) is 44.6 Å². The lowest BCUT2D eigenvalue weighted by molar-refractivity contribution is 0.243. The molecular formula is C14H22N4. The van der Waals surface area contributed by atoms with Crippen LogP contribution in [0.1, 0.15) is 38.5 Å². The Morgan fingerprint density at radius 1 is 1.06 bits per heavy atom. The van der Waals surface area contributed by atoms with Crippen LogP contribution in [0, 0.1) is 5.92 Å². The molecule has 18 heavy (non-hydrogen) atoms. The predicted molar refractivity (Wildman–Crippen MR) is 75.4 cm³/mol. The molecule has 98 valence electrons. The summed E-state index contributed by atoms with van der Waals surface area (Å²) in [5, 5.41) is 0. The van der Waals surface area contributed by atoms with E-state index < -0.39 is 0 Å². The number of piperidine rings is 1. The quantitative estimate of drug-likeness (QED) is 0.798. The Kier molecular flexibility index (Phi) is 3.02. The zero-order chi connectivity index (χ0) is 12.5. The molecule has 1 saturated heterocycles. The minimum absolute atomic E-state index is 0.463. The number of rotatable bonds is 1. The van der Waals surface area contributed by atoms with Gasteiger partial charge in [0.1, 0.15) is 11.6 Å². The van der Waals surface area contributed by atoms with Gasteiger partial charge in [0.25, 0.3) is 0 Å². The summed E-state index contributed by atoms with van der Waals surface area (Å²) in [5.41, 5.74) is 12.2. The van der Waals surface area contributed by atoms with Crippen LogP contribution < -0.4 is 16.4 Å². The summed E-state index contributed by atoms with van der Waals surface area (Å²) in [4.78, 5) is 6.93. The number of nitrogen functional groups attached to an aromatic ring is 2. The summed E-state index contributed by atoms with van der Waals surface area (Å²) in [6.07, 6.45) is 8.08.